The van der Waals surface area contributed by atoms with Gasteiger partial charge >= 0.3 is 12.1 Å². The number of rotatable bonds is 7. The van der Waals surface area contributed by atoms with Crippen molar-refractivity contribution in [3.63, 3.8) is 0 Å². The van der Waals surface area contributed by atoms with Gasteiger partial charge in [0, 0.05) is 11.8 Å². The first-order valence-corrected chi connectivity index (χ1v) is 14.4. The van der Waals surface area contributed by atoms with Gasteiger partial charge in [0.1, 0.15) is 16.4 Å². The van der Waals surface area contributed by atoms with E-state index in [1.807, 2.05) is 0 Å². The number of anilines is 1. The minimum absolute atomic E-state index is 0.0159. The summed E-state index contributed by atoms with van der Waals surface area (Å²) in [5.74, 6) is -2.85. The first-order chi connectivity index (χ1) is 18.4. The van der Waals surface area contributed by atoms with E-state index in [1.165, 1.54) is 24.3 Å². The average molecular weight is 578 g/mol. The van der Waals surface area contributed by atoms with Gasteiger partial charge in [0.2, 0.25) is 5.82 Å². The fraction of sp³-hybridized carbons (Fsp3) is 0.200. The van der Waals surface area contributed by atoms with Gasteiger partial charge in [-0.1, -0.05) is 42.5 Å². The quantitative estimate of drug-likeness (QED) is 0.241. The van der Waals surface area contributed by atoms with Crippen LogP contribution in [0.15, 0.2) is 64.5 Å². The lowest BCUT2D eigenvalue weighted by Gasteiger charge is -2.18. The molecule has 39 heavy (non-hydrogen) atoms. The molecule has 2 aromatic heterocycles. The summed E-state index contributed by atoms with van der Waals surface area (Å²) in [6, 6.07) is 13.6. The summed E-state index contributed by atoms with van der Waals surface area (Å²) in [6.45, 7) is 1.65. The Morgan fingerprint density at radius 1 is 1.05 bits per heavy atom. The van der Waals surface area contributed by atoms with Crippen LogP contribution >= 0.6 is 11.8 Å². The first-order valence-electron chi connectivity index (χ1n) is 11.3. The minimum Gasteiger partial charge on any atom is -0.462 e. The largest absolute Gasteiger partial charge is 0.462 e. The normalized spacial score (nSPS) is 11.9. The van der Waals surface area contributed by atoms with Crippen molar-refractivity contribution in [1.29, 1.82) is 0 Å². The number of nitrogens with zero attached hydrogens (tertiary/aromatic N) is 4. The van der Waals surface area contributed by atoms with Gasteiger partial charge < -0.3 is 10.5 Å². The van der Waals surface area contributed by atoms with Crippen LogP contribution in [0.4, 0.5) is 19.0 Å². The zero-order valence-corrected chi connectivity index (χ0v) is 22.5. The van der Waals surface area contributed by atoms with Gasteiger partial charge in [0.25, 0.3) is 0 Å². The van der Waals surface area contributed by atoms with Crippen LogP contribution in [0.25, 0.3) is 28.2 Å². The smallest absolute Gasteiger partial charge is 0.451 e. The number of hydrogen-bond acceptors (Lipinski definition) is 9. The Bertz CT molecular complexity index is 1640. The zero-order valence-electron chi connectivity index (χ0n) is 20.9. The lowest BCUT2D eigenvalue weighted by Crippen LogP contribution is -2.17. The summed E-state index contributed by atoms with van der Waals surface area (Å²) in [7, 11) is -3.56. The van der Waals surface area contributed by atoms with Crippen LogP contribution in [-0.4, -0.2) is 53.3 Å². The fourth-order valence-corrected chi connectivity index (χ4v) is 4.96. The number of sulfone groups is 1. The van der Waals surface area contributed by atoms with Crippen LogP contribution in [0.3, 0.4) is 0 Å². The molecule has 0 unspecified atom stereocenters. The van der Waals surface area contributed by atoms with Crippen molar-refractivity contribution in [2.24, 2.45) is 0 Å². The van der Waals surface area contributed by atoms with Crippen LogP contribution in [0, 0.1) is 0 Å². The van der Waals surface area contributed by atoms with Gasteiger partial charge in [0.05, 0.1) is 22.8 Å². The zero-order chi connectivity index (χ0) is 28.5. The van der Waals surface area contributed by atoms with E-state index >= 15 is 0 Å². The third-order valence-corrected chi connectivity index (χ3v) is 7.33. The van der Waals surface area contributed by atoms with Crippen molar-refractivity contribution in [3.8, 4) is 28.2 Å². The maximum atomic E-state index is 14.1. The number of halogens is 3. The van der Waals surface area contributed by atoms with Gasteiger partial charge in [-0.25, -0.2) is 23.2 Å². The maximum Gasteiger partial charge on any atom is 0.451 e. The lowest BCUT2D eigenvalue weighted by atomic mass is 9.99. The second kappa shape index (κ2) is 10.7. The summed E-state index contributed by atoms with van der Waals surface area (Å²) in [5, 5.41) is 4.44. The Morgan fingerprint density at radius 2 is 1.69 bits per heavy atom. The Hall–Kier alpha value is -3.91. The Labute approximate surface area is 226 Å². The molecule has 204 valence electrons. The molecule has 0 aliphatic rings. The molecule has 0 amide bonds. The van der Waals surface area contributed by atoms with Gasteiger partial charge in [-0.3, -0.25) is 0 Å². The molecular weight excluding hydrogens is 555 g/mol. The summed E-state index contributed by atoms with van der Waals surface area (Å²) in [5.41, 5.74) is 6.80. The molecule has 0 fully saturated rings. The molecule has 0 spiro atoms. The predicted octanol–water partition coefficient (Wildman–Crippen LogP) is 4.90. The third-order valence-electron chi connectivity index (χ3n) is 5.52. The van der Waals surface area contributed by atoms with Crippen LogP contribution < -0.4 is 5.73 Å². The molecule has 0 radical (unpaired) electrons. The highest BCUT2D eigenvalue weighted by atomic mass is 32.2. The summed E-state index contributed by atoms with van der Waals surface area (Å²) in [4.78, 5) is 20.3. The number of hydrogen-bond donors (Lipinski definition) is 1. The van der Waals surface area contributed by atoms with Crippen molar-refractivity contribution in [2.45, 2.75) is 23.0 Å². The second-order valence-corrected chi connectivity index (χ2v) is 11.0. The highest BCUT2D eigenvalue weighted by molar-refractivity contribution is 7.98. The maximum absolute atomic E-state index is 14.1. The molecular formula is C25H22F3N5O4S2. The highest BCUT2D eigenvalue weighted by Gasteiger charge is 2.38. The van der Waals surface area contributed by atoms with Crippen molar-refractivity contribution in [1.82, 2.24) is 19.7 Å². The van der Waals surface area contributed by atoms with Gasteiger partial charge in [-0.15, -0.1) is 11.8 Å². The minimum atomic E-state index is -4.96. The van der Waals surface area contributed by atoms with Crippen molar-refractivity contribution >= 4 is 33.4 Å². The monoisotopic (exact) mass is 577 g/mol. The van der Waals surface area contributed by atoms with E-state index in [2.05, 4.69) is 15.1 Å². The van der Waals surface area contributed by atoms with E-state index in [9.17, 15) is 26.4 Å². The number of alkyl halides is 3. The molecule has 2 heterocycles. The average Bonchev–Trinajstić information content (AvgIpc) is 3.23. The molecule has 14 heteroatoms. The number of nitrogens with two attached hydrogens (primary N) is 1. The molecule has 9 nitrogen and oxygen atoms in total. The standard InChI is InChI=1S/C25H22F3N5O4S2/c1-4-37-23(34)18-20(29)33(32-22(18)38-2)21-17(14-8-6-5-7-9-14)19(30-24(31-21)25(26,27)28)15-10-12-16(13-11-15)39(3,35)36/h5-13H,4,29H2,1-3H3. The second-order valence-electron chi connectivity index (χ2n) is 8.16. The fourth-order valence-electron chi connectivity index (χ4n) is 3.78. The van der Waals surface area contributed by atoms with E-state index < -0.39 is 27.8 Å². The lowest BCUT2D eigenvalue weighted by molar-refractivity contribution is -0.144. The number of esters is 1. The van der Waals surface area contributed by atoms with E-state index in [-0.39, 0.29) is 50.5 Å². The van der Waals surface area contributed by atoms with Crippen LogP contribution in [-0.2, 0) is 20.8 Å². The molecule has 2 aromatic carbocycles. The number of benzene rings is 2. The Morgan fingerprint density at radius 3 is 2.23 bits per heavy atom. The molecule has 4 aromatic rings. The molecule has 4 rings (SSSR count). The Kier molecular flexibility index (Phi) is 7.70. The van der Waals surface area contributed by atoms with Crippen molar-refractivity contribution in [2.75, 3.05) is 24.9 Å². The highest BCUT2D eigenvalue weighted by Crippen LogP contribution is 2.40. The van der Waals surface area contributed by atoms with Gasteiger partial charge in [-0.2, -0.15) is 23.0 Å². The molecule has 0 aliphatic carbocycles. The van der Waals surface area contributed by atoms with Gasteiger partial charge in [0.15, 0.2) is 15.7 Å². The van der Waals surface area contributed by atoms with Crippen LogP contribution in [0.5, 0.6) is 0 Å². The molecule has 0 saturated carbocycles. The summed E-state index contributed by atoms with van der Waals surface area (Å²) >= 11 is 1.06. The SMILES string of the molecule is CCOC(=O)c1c(SC)nn(-c2nc(C(F)(F)F)nc(-c3ccc(S(C)(=O)=O)cc3)c2-c2ccccc2)c1N. The van der Waals surface area contributed by atoms with Crippen molar-refractivity contribution in [3.05, 3.63) is 66.0 Å². The third kappa shape index (κ3) is 5.61. The number of aromatic nitrogens is 4. The van der Waals surface area contributed by atoms with Crippen LogP contribution in [0.1, 0.15) is 23.1 Å². The van der Waals surface area contributed by atoms with E-state index in [0.29, 0.717) is 5.56 Å². The number of ether oxygens (including phenoxy) is 1. The van der Waals surface area contributed by atoms with Crippen LogP contribution in [0.2, 0.25) is 0 Å². The van der Waals surface area contributed by atoms with E-state index in [1.54, 1.807) is 43.5 Å². The topological polar surface area (TPSA) is 130 Å². The molecule has 0 aliphatic heterocycles. The number of carbonyl (C=O) groups excluding carboxylic acids is 1. The summed E-state index contributed by atoms with van der Waals surface area (Å²) in [6.07, 6.45) is -2.31. The molecule has 2 N–H and O–H groups in total. The van der Waals surface area contributed by atoms with E-state index in [4.69, 9.17) is 10.5 Å². The number of nitrogen functional groups attached to an aromatic ring is 1. The first kappa shape index (κ1) is 28.1. The van der Waals surface area contributed by atoms with E-state index in [0.717, 1.165) is 22.7 Å². The molecule has 0 atom stereocenters. The summed E-state index contributed by atoms with van der Waals surface area (Å²) < 4.78 is 72.2. The Balaban J connectivity index is 2.11. The van der Waals surface area contributed by atoms with Gasteiger partial charge in [-0.05, 0) is 30.9 Å². The predicted molar refractivity (Wildman–Crippen MR) is 140 cm³/mol. The molecule has 0 saturated heterocycles. The number of thioether (sulfide) groups is 1. The number of carbonyl (C=O) groups is 1. The molecule has 0 bridgehead atoms. The van der Waals surface area contributed by atoms with Crippen molar-refractivity contribution < 1.29 is 31.1 Å².